The average Bonchev–Trinajstić information content (AvgIpc) is 2.91. The van der Waals surface area contributed by atoms with Gasteiger partial charge < -0.3 is 0 Å². The number of carbonyl (C=O) groups is 1. The van der Waals surface area contributed by atoms with Crippen molar-refractivity contribution in [2.75, 3.05) is 0 Å². The molecule has 26 heavy (non-hydrogen) atoms. The van der Waals surface area contributed by atoms with Crippen molar-refractivity contribution in [3.63, 3.8) is 0 Å². The van der Waals surface area contributed by atoms with Gasteiger partial charge in [0.05, 0.1) is 0 Å². The maximum absolute atomic E-state index is 12.4. The molecule has 4 fully saturated rings. The van der Waals surface area contributed by atoms with Crippen molar-refractivity contribution >= 4 is 5.78 Å². The SMILES string of the molecule is C/C=C1/CCC2C3(C)CCC4(C)CCC(=O)CCC4(CC)C3CC[C@]12C. The highest BCUT2D eigenvalue weighted by atomic mass is 16.1. The molecule has 0 radical (unpaired) electrons. The second-order valence-electron chi connectivity index (χ2n) is 11.0. The van der Waals surface area contributed by atoms with E-state index < -0.39 is 0 Å². The van der Waals surface area contributed by atoms with Crippen LogP contribution in [0.2, 0.25) is 0 Å². The number of ketones is 1. The Bertz CT molecular complexity index is 632. The number of allylic oxidation sites excluding steroid dienone is 2. The summed E-state index contributed by atoms with van der Waals surface area (Å²) in [7, 11) is 0. The number of hydrogen-bond acceptors (Lipinski definition) is 1. The minimum atomic E-state index is 0.383. The van der Waals surface area contributed by atoms with E-state index in [1.807, 2.05) is 0 Å². The lowest BCUT2D eigenvalue weighted by Gasteiger charge is -2.68. The minimum Gasteiger partial charge on any atom is -0.300 e. The van der Waals surface area contributed by atoms with Crippen molar-refractivity contribution in [1.82, 2.24) is 0 Å². The van der Waals surface area contributed by atoms with Crippen molar-refractivity contribution in [3.8, 4) is 0 Å². The predicted octanol–water partition coefficient (Wildman–Crippen LogP) is 7.10. The van der Waals surface area contributed by atoms with Crippen molar-refractivity contribution in [2.24, 2.45) is 33.5 Å². The molecular formula is C25H40O. The Morgan fingerprint density at radius 3 is 2.35 bits per heavy atom. The van der Waals surface area contributed by atoms with E-state index in [4.69, 9.17) is 0 Å². The van der Waals surface area contributed by atoms with Gasteiger partial charge in [0, 0.05) is 12.8 Å². The van der Waals surface area contributed by atoms with Crippen molar-refractivity contribution in [2.45, 2.75) is 105 Å². The van der Waals surface area contributed by atoms with E-state index in [9.17, 15) is 4.79 Å². The van der Waals surface area contributed by atoms with E-state index in [-0.39, 0.29) is 0 Å². The van der Waals surface area contributed by atoms with E-state index in [0.717, 1.165) is 31.1 Å². The van der Waals surface area contributed by atoms with E-state index in [1.165, 1.54) is 51.4 Å². The molecule has 0 aromatic carbocycles. The number of fused-ring (bicyclic) bond motifs is 5. The van der Waals surface area contributed by atoms with Gasteiger partial charge in [0.25, 0.3) is 0 Å². The van der Waals surface area contributed by atoms with Gasteiger partial charge in [-0.15, -0.1) is 0 Å². The van der Waals surface area contributed by atoms with Crippen LogP contribution in [-0.2, 0) is 4.79 Å². The molecule has 4 aliphatic carbocycles. The lowest BCUT2D eigenvalue weighted by molar-refractivity contribution is -0.186. The number of Topliss-reactive ketones (excluding diaryl/α,β-unsaturated/α-hetero) is 1. The molecule has 0 N–H and O–H groups in total. The van der Waals surface area contributed by atoms with E-state index in [2.05, 4.69) is 40.7 Å². The number of hydrogen-bond donors (Lipinski definition) is 0. The summed E-state index contributed by atoms with van der Waals surface area (Å²) in [6.07, 6.45) is 15.9. The van der Waals surface area contributed by atoms with Gasteiger partial charge in [-0.25, -0.2) is 0 Å². The molecule has 0 amide bonds. The molecule has 4 rings (SSSR count). The first-order valence-corrected chi connectivity index (χ1v) is 11.4. The first-order valence-electron chi connectivity index (χ1n) is 11.4. The molecule has 146 valence electrons. The summed E-state index contributed by atoms with van der Waals surface area (Å²) in [5, 5.41) is 0. The average molecular weight is 357 g/mol. The van der Waals surface area contributed by atoms with Gasteiger partial charge in [-0.1, -0.05) is 39.3 Å². The maximum Gasteiger partial charge on any atom is 0.132 e. The molecule has 0 aromatic rings. The van der Waals surface area contributed by atoms with Gasteiger partial charge >= 0.3 is 0 Å². The second kappa shape index (κ2) is 5.95. The Morgan fingerprint density at radius 2 is 1.65 bits per heavy atom. The Labute approximate surface area is 161 Å². The molecular weight excluding hydrogens is 316 g/mol. The molecule has 1 heteroatoms. The second-order valence-corrected chi connectivity index (χ2v) is 11.0. The van der Waals surface area contributed by atoms with Crippen LogP contribution in [-0.4, -0.2) is 5.78 Å². The van der Waals surface area contributed by atoms with Crippen LogP contribution in [0.3, 0.4) is 0 Å². The quantitative estimate of drug-likeness (QED) is 0.458. The number of carbonyl (C=O) groups excluding carboxylic acids is 1. The standard InChI is InChI=1S/C25H40O/c1-6-18-8-9-20-23(18,4)14-12-21-24(20,5)17-16-22(3)13-10-19(26)11-15-25(21,22)7-2/h6,20-21H,7-17H2,1-5H3/b18-6-/t20?,21?,22?,23-,24?,25?/m1/s1. The highest BCUT2D eigenvalue weighted by molar-refractivity contribution is 5.78. The monoisotopic (exact) mass is 356 g/mol. The van der Waals surface area contributed by atoms with Gasteiger partial charge in [-0.3, -0.25) is 4.79 Å². The third kappa shape index (κ3) is 2.18. The Balaban J connectivity index is 1.79. The highest BCUT2D eigenvalue weighted by Crippen LogP contribution is 2.75. The third-order valence-corrected chi connectivity index (χ3v) is 10.6. The van der Waals surface area contributed by atoms with Crippen LogP contribution in [0.1, 0.15) is 105 Å². The smallest absolute Gasteiger partial charge is 0.132 e. The summed E-state index contributed by atoms with van der Waals surface area (Å²) in [4.78, 5) is 12.4. The normalized spacial score (nSPS) is 53.0. The van der Waals surface area contributed by atoms with Gasteiger partial charge in [-0.05, 0) is 98.2 Å². The maximum atomic E-state index is 12.4. The Kier molecular flexibility index (Phi) is 4.29. The zero-order valence-electron chi connectivity index (χ0n) is 17.9. The molecule has 0 saturated heterocycles. The lowest BCUT2D eigenvalue weighted by atomic mass is 9.36. The molecule has 6 atom stereocenters. The molecule has 1 nitrogen and oxygen atoms in total. The molecule has 0 heterocycles. The zero-order valence-corrected chi connectivity index (χ0v) is 17.9. The van der Waals surface area contributed by atoms with Crippen LogP contribution >= 0.6 is 0 Å². The first kappa shape index (κ1) is 18.8. The van der Waals surface area contributed by atoms with Gasteiger partial charge in [0.15, 0.2) is 0 Å². The lowest BCUT2D eigenvalue weighted by Crippen LogP contribution is -2.60. The first-order chi connectivity index (χ1) is 12.3. The van der Waals surface area contributed by atoms with Crippen molar-refractivity contribution in [1.29, 1.82) is 0 Å². The summed E-state index contributed by atoms with van der Waals surface area (Å²) >= 11 is 0. The topological polar surface area (TPSA) is 17.1 Å². The largest absolute Gasteiger partial charge is 0.300 e. The van der Waals surface area contributed by atoms with Gasteiger partial charge in [0.1, 0.15) is 5.78 Å². The fourth-order valence-electron chi connectivity index (χ4n) is 9.08. The van der Waals surface area contributed by atoms with Crippen molar-refractivity contribution < 1.29 is 4.79 Å². The fraction of sp³-hybridized carbons (Fsp3) is 0.880. The zero-order chi connectivity index (χ0) is 18.8. The van der Waals surface area contributed by atoms with Gasteiger partial charge in [-0.2, -0.15) is 0 Å². The van der Waals surface area contributed by atoms with Crippen LogP contribution in [0.4, 0.5) is 0 Å². The molecule has 4 saturated carbocycles. The summed E-state index contributed by atoms with van der Waals surface area (Å²) in [5.74, 6) is 2.21. The van der Waals surface area contributed by atoms with E-state index in [0.29, 0.717) is 27.4 Å². The highest BCUT2D eigenvalue weighted by Gasteiger charge is 2.66. The molecule has 0 aromatic heterocycles. The molecule has 0 bridgehead atoms. The molecule has 5 unspecified atom stereocenters. The van der Waals surface area contributed by atoms with Crippen LogP contribution in [0, 0.1) is 33.5 Å². The van der Waals surface area contributed by atoms with Crippen LogP contribution in [0.15, 0.2) is 11.6 Å². The number of rotatable bonds is 1. The summed E-state index contributed by atoms with van der Waals surface area (Å²) in [6, 6.07) is 0. The Hall–Kier alpha value is -0.590. The summed E-state index contributed by atoms with van der Waals surface area (Å²) in [5.41, 5.74) is 3.45. The molecule has 0 spiro atoms. The van der Waals surface area contributed by atoms with Crippen LogP contribution in [0.25, 0.3) is 0 Å². The molecule has 0 aliphatic heterocycles. The summed E-state index contributed by atoms with van der Waals surface area (Å²) < 4.78 is 0. The Morgan fingerprint density at radius 1 is 0.923 bits per heavy atom. The third-order valence-electron chi connectivity index (χ3n) is 10.6. The van der Waals surface area contributed by atoms with E-state index in [1.54, 1.807) is 5.57 Å². The fourth-order valence-corrected chi connectivity index (χ4v) is 9.08. The minimum absolute atomic E-state index is 0.383. The van der Waals surface area contributed by atoms with Crippen LogP contribution in [0.5, 0.6) is 0 Å². The predicted molar refractivity (Wildman–Crippen MR) is 109 cm³/mol. The van der Waals surface area contributed by atoms with Crippen LogP contribution < -0.4 is 0 Å². The van der Waals surface area contributed by atoms with Gasteiger partial charge in [0.2, 0.25) is 0 Å². The summed E-state index contributed by atoms with van der Waals surface area (Å²) in [6.45, 7) is 12.5. The molecule has 4 aliphatic rings. The van der Waals surface area contributed by atoms with Crippen molar-refractivity contribution in [3.05, 3.63) is 11.6 Å². The van der Waals surface area contributed by atoms with E-state index >= 15 is 0 Å².